The van der Waals surface area contributed by atoms with Gasteiger partial charge in [0.2, 0.25) is 0 Å². The van der Waals surface area contributed by atoms with E-state index in [1.165, 1.54) is 38.9 Å². The second-order valence-corrected chi connectivity index (χ2v) is 12.5. The number of aryl methyl sites for hydroxylation is 2. The van der Waals surface area contributed by atoms with Crippen molar-refractivity contribution in [2.45, 2.75) is 32.6 Å². The van der Waals surface area contributed by atoms with Crippen molar-refractivity contribution in [2.75, 3.05) is 13.1 Å². The predicted octanol–water partition coefficient (Wildman–Crippen LogP) is 7.74. The maximum atomic E-state index is 13.2. The van der Waals surface area contributed by atoms with E-state index in [4.69, 9.17) is 16.6 Å². The minimum atomic E-state index is -0.0117. The highest BCUT2D eigenvalue weighted by Gasteiger charge is 2.29. The van der Waals surface area contributed by atoms with Crippen LogP contribution in [-0.4, -0.2) is 43.5 Å². The molecule has 0 saturated carbocycles. The zero-order valence-electron chi connectivity index (χ0n) is 20.8. The van der Waals surface area contributed by atoms with E-state index < -0.39 is 0 Å². The fraction of sp³-hybridized carbons (Fsp3) is 0.250. The largest absolute Gasteiger partial charge is 0.337 e. The molecule has 1 aliphatic rings. The molecule has 5 aromatic rings. The molecule has 0 spiro atoms. The van der Waals surface area contributed by atoms with E-state index in [2.05, 4.69) is 45.8 Å². The molecular formula is C28H24ClN5OS3. The summed E-state index contributed by atoms with van der Waals surface area (Å²) in [6, 6.07) is 16.5. The number of likely N-dealkylation sites (tertiary alicyclic amines) is 1. The molecule has 192 valence electrons. The minimum absolute atomic E-state index is 0.0117. The maximum absolute atomic E-state index is 13.2. The van der Waals surface area contributed by atoms with Crippen molar-refractivity contribution < 1.29 is 4.79 Å². The van der Waals surface area contributed by atoms with Crippen LogP contribution in [0, 0.1) is 13.8 Å². The van der Waals surface area contributed by atoms with Crippen molar-refractivity contribution in [3.63, 3.8) is 0 Å². The summed E-state index contributed by atoms with van der Waals surface area (Å²) in [5.74, 6) is 0.300. The third-order valence-electron chi connectivity index (χ3n) is 6.78. The third-order valence-corrected chi connectivity index (χ3v) is 10.1. The fourth-order valence-corrected chi connectivity index (χ4v) is 7.58. The normalized spacial score (nSPS) is 14.2. The van der Waals surface area contributed by atoms with E-state index in [9.17, 15) is 4.79 Å². The SMILES string of the molecule is Cc1ccc(-c2sc(C3CCN(C(=O)c4csc(-c5snnc5C)n4)CC3)nc2-c2ccc(Cl)cc2)cc1. The van der Waals surface area contributed by atoms with Crippen LogP contribution in [0.2, 0.25) is 5.02 Å². The number of amides is 1. The number of carbonyl (C=O) groups is 1. The Morgan fingerprint density at radius 1 is 0.947 bits per heavy atom. The first kappa shape index (κ1) is 25.3. The fourth-order valence-electron chi connectivity index (χ4n) is 4.61. The quantitative estimate of drug-likeness (QED) is 0.214. The molecule has 6 rings (SSSR count). The van der Waals surface area contributed by atoms with Crippen LogP contribution in [0.25, 0.3) is 31.6 Å². The van der Waals surface area contributed by atoms with Crippen LogP contribution in [0.1, 0.15) is 45.5 Å². The van der Waals surface area contributed by atoms with E-state index in [1.54, 1.807) is 11.3 Å². The predicted molar refractivity (Wildman–Crippen MR) is 156 cm³/mol. The van der Waals surface area contributed by atoms with Gasteiger partial charge in [0.05, 0.1) is 21.3 Å². The number of halogens is 1. The summed E-state index contributed by atoms with van der Waals surface area (Å²) >= 11 is 10.7. The molecule has 0 atom stereocenters. The van der Waals surface area contributed by atoms with Crippen LogP contribution in [-0.2, 0) is 0 Å². The van der Waals surface area contributed by atoms with E-state index in [1.807, 2.05) is 41.5 Å². The molecule has 3 aromatic heterocycles. The van der Waals surface area contributed by atoms with Crippen LogP contribution in [0.15, 0.2) is 53.9 Å². The second-order valence-electron chi connectivity index (χ2n) is 9.39. The third kappa shape index (κ3) is 5.03. The summed E-state index contributed by atoms with van der Waals surface area (Å²) in [6.07, 6.45) is 1.75. The van der Waals surface area contributed by atoms with Gasteiger partial charge in [0.1, 0.15) is 15.6 Å². The van der Waals surface area contributed by atoms with Crippen LogP contribution >= 0.6 is 45.8 Å². The van der Waals surface area contributed by atoms with E-state index in [-0.39, 0.29) is 5.91 Å². The smallest absolute Gasteiger partial charge is 0.273 e. The van der Waals surface area contributed by atoms with Gasteiger partial charge in [0, 0.05) is 35.0 Å². The monoisotopic (exact) mass is 577 g/mol. The van der Waals surface area contributed by atoms with Gasteiger partial charge in [-0.15, -0.1) is 27.8 Å². The topological polar surface area (TPSA) is 71.9 Å². The number of carbonyl (C=O) groups excluding carboxylic acids is 1. The molecule has 1 fully saturated rings. The molecule has 4 heterocycles. The summed E-state index contributed by atoms with van der Waals surface area (Å²) < 4.78 is 3.99. The average molecular weight is 578 g/mol. The molecule has 0 bridgehead atoms. The molecule has 2 aromatic carbocycles. The number of aromatic nitrogens is 4. The van der Waals surface area contributed by atoms with Crippen molar-refractivity contribution in [3.8, 4) is 31.6 Å². The molecule has 0 aliphatic carbocycles. The number of rotatable bonds is 5. The Morgan fingerprint density at radius 3 is 2.34 bits per heavy atom. The van der Waals surface area contributed by atoms with Crippen molar-refractivity contribution in [1.29, 1.82) is 0 Å². The van der Waals surface area contributed by atoms with Crippen LogP contribution < -0.4 is 0 Å². The summed E-state index contributed by atoms with van der Waals surface area (Å²) in [5.41, 5.74) is 5.79. The Kier molecular flexibility index (Phi) is 7.09. The summed E-state index contributed by atoms with van der Waals surface area (Å²) in [6.45, 7) is 5.38. The van der Waals surface area contributed by atoms with Crippen molar-refractivity contribution in [2.24, 2.45) is 0 Å². The number of benzene rings is 2. The summed E-state index contributed by atoms with van der Waals surface area (Å²) in [7, 11) is 0. The minimum Gasteiger partial charge on any atom is -0.337 e. The first-order valence-corrected chi connectivity index (χ1v) is 15.2. The van der Waals surface area contributed by atoms with Gasteiger partial charge in [-0.05, 0) is 55.9 Å². The highest BCUT2D eigenvalue weighted by atomic mass is 35.5. The summed E-state index contributed by atoms with van der Waals surface area (Å²) in [4.78, 5) is 27.0. The highest BCUT2D eigenvalue weighted by Crippen LogP contribution is 2.42. The number of nitrogens with zero attached hydrogens (tertiary/aromatic N) is 5. The van der Waals surface area contributed by atoms with Gasteiger partial charge in [-0.1, -0.05) is 58.1 Å². The second kappa shape index (κ2) is 10.6. The first-order valence-electron chi connectivity index (χ1n) is 12.3. The molecule has 38 heavy (non-hydrogen) atoms. The van der Waals surface area contributed by atoms with Crippen molar-refractivity contribution >= 4 is 51.7 Å². The Bertz CT molecular complexity index is 1520. The van der Waals surface area contributed by atoms with Gasteiger partial charge in [-0.25, -0.2) is 9.97 Å². The van der Waals surface area contributed by atoms with E-state index in [0.717, 1.165) is 44.7 Å². The van der Waals surface area contributed by atoms with Crippen LogP contribution in [0.3, 0.4) is 0 Å². The number of hydrogen-bond acceptors (Lipinski definition) is 8. The lowest BCUT2D eigenvalue weighted by Gasteiger charge is -2.30. The molecule has 1 amide bonds. The number of piperidine rings is 1. The van der Waals surface area contributed by atoms with Crippen LogP contribution in [0.5, 0.6) is 0 Å². The zero-order valence-corrected chi connectivity index (χ0v) is 24.1. The Morgan fingerprint density at radius 2 is 1.66 bits per heavy atom. The first-order chi connectivity index (χ1) is 18.5. The van der Waals surface area contributed by atoms with Gasteiger partial charge in [-0.2, -0.15) is 0 Å². The standard InChI is InChI=1S/C28H24ClN5OS3/c1-16-3-5-19(6-4-16)25-23(18-7-9-21(29)10-8-18)31-26(37-25)20-11-13-34(14-12-20)28(35)22-15-36-27(30-22)24-17(2)32-33-38-24/h3-10,15,20H,11-14H2,1-2H3. The number of hydrogen-bond donors (Lipinski definition) is 0. The molecule has 0 unspecified atom stereocenters. The van der Waals surface area contributed by atoms with Gasteiger partial charge in [0.25, 0.3) is 5.91 Å². The van der Waals surface area contributed by atoms with E-state index >= 15 is 0 Å². The van der Waals surface area contributed by atoms with Crippen molar-refractivity contribution in [1.82, 2.24) is 24.5 Å². The highest BCUT2D eigenvalue weighted by molar-refractivity contribution is 7.18. The molecular weight excluding hydrogens is 554 g/mol. The molecule has 1 saturated heterocycles. The maximum Gasteiger partial charge on any atom is 0.273 e. The van der Waals surface area contributed by atoms with Gasteiger partial charge < -0.3 is 4.90 Å². The average Bonchev–Trinajstić information content (AvgIpc) is 3.69. The number of thiazole rings is 2. The van der Waals surface area contributed by atoms with Gasteiger partial charge in [0.15, 0.2) is 0 Å². The molecule has 6 nitrogen and oxygen atoms in total. The molecule has 0 N–H and O–H groups in total. The Labute approximate surface area is 238 Å². The lowest BCUT2D eigenvalue weighted by atomic mass is 9.97. The Hall–Kier alpha value is -2.98. The van der Waals surface area contributed by atoms with Crippen LogP contribution in [0.4, 0.5) is 0 Å². The van der Waals surface area contributed by atoms with E-state index in [0.29, 0.717) is 29.7 Å². The van der Waals surface area contributed by atoms with Crippen molar-refractivity contribution in [3.05, 3.63) is 80.9 Å². The molecule has 10 heteroatoms. The molecule has 0 radical (unpaired) electrons. The lowest BCUT2D eigenvalue weighted by molar-refractivity contribution is 0.0708. The lowest BCUT2D eigenvalue weighted by Crippen LogP contribution is -2.38. The molecule has 1 aliphatic heterocycles. The van der Waals surface area contributed by atoms with Gasteiger partial charge in [-0.3, -0.25) is 4.79 Å². The van der Waals surface area contributed by atoms with Gasteiger partial charge >= 0.3 is 0 Å². The zero-order chi connectivity index (χ0) is 26.2. The summed E-state index contributed by atoms with van der Waals surface area (Å²) in [5, 5.41) is 8.54. The Balaban J connectivity index is 1.21.